The number of hydrogen-bond acceptors (Lipinski definition) is 6. The fourth-order valence-electron chi connectivity index (χ4n) is 2.85. The third kappa shape index (κ3) is 4.02. The Morgan fingerprint density at radius 2 is 2.08 bits per heavy atom. The van der Waals surface area contributed by atoms with Gasteiger partial charge in [-0.1, -0.05) is 17.7 Å². The number of nitrogens with two attached hydrogens (primary N) is 1. The van der Waals surface area contributed by atoms with E-state index in [0.29, 0.717) is 12.1 Å². The lowest BCUT2D eigenvalue weighted by molar-refractivity contribution is 0.170. The Balaban J connectivity index is 1.58. The van der Waals surface area contributed by atoms with E-state index in [9.17, 15) is 5.11 Å². The predicted molar refractivity (Wildman–Crippen MR) is 99.3 cm³/mol. The Labute approximate surface area is 157 Å². The smallest absolute Gasteiger partial charge is 0.231 e. The molecule has 6 nitrogen and oxygen atoms in total. The van der Waals surface area contributed by atoms with Crippen LogP contribution in [0, 0.1) is 11.3 Å². The van der Waals surface area contributed by atoms with E-state index in [0.717, 1.165) is 23.5 Å². The van der Waals surface area contributed by atoms with Crippen molar-refractivity contribution in [1.82, 2.24) is 5.32 Å². The maximum atomic E-state index is 10.4. The van der Waals surface area contributed by atoms with Gasteiger partial charge in [0.05, 0.1) is 22.4 Å². The molecule has 26 heavy (non-hydrogen) atoms. The van der Waals surface area contributed by atoms with E-state index >= 15 is 0 Å². The number of ether oxygens (including phenoxy) is 2. The summed E-state index contributed by atoms with van der Waals surface area (Å²) in [5, 5.41) is 23.0. The quantitative estimate of drug-likeness (QED) is 0.673. The summed E-state index contributed by atoms with van der Waals surface area (Å²) < 4.78 is 10.7. The summed E-state index contributed by atoms with van der Waals surface area (Å²) in [7, 11) is 0. The molecule has 0 fully saturated rings. The molecule has 3 rings (SSSR count). The first-order valence-electron chi connectivity index (χ1n) is 8.27. The molecule has 2 atom stereocenters. The van der Waals surface area contributed by atoms with Crippen LogP contribution in [-0.4, -0.2) is 24.5 Å². The van der Waals surface area contributed by atoms with Crippen molar-refractivity contribution in [3.05, 3.63) is 52.0 Å². The average molecular weight is 374 g/mol. The number of anilines is 1. The van der Waals surface area contributed by atoms with Gasteiger partial charge >= 0.3 is 0 Å². The summed E-state index contributed by atoms with van der Waals surface area (Å²) in [4.78, 5) is 0. The molecule has 0 aliphatic carbocycles. The molecule has 1 aliphatic heterocycles. The van der Waals surface area contributed by atoms with Crippen LogP contribution in [-0.2, 0) is 6.42 Å². The molecular weight excluding hydrogens is 354 g/mol. The number of nitrogens with one attached hydrogen (secondary N) is 1. The summed E-state index contributed by atoms with van der Waals surface area (Å²) in [5.74, 6) is 1.52. The monoisotopic (exact) mass is 373 g/mol. The molecule has 136 valence electrons. The highest BCUT2D eigenvalue weighted by Gasteiger charge is 2.16. The lowest BCUT2D eigenvalue weighted by Gasteiger charge is -2.18. The number of benzene rings is 2. The Kier molecular flexibility index (Phi) is 5.52. The minimum absolute atomic E-state index is 0.129. The molecule has 0 saturated carbocycles. The number of aliphatic hydroxyl groups is 1. The van der Waals surface area contributed by atoms with Gasteiger partial charge in [-0.05, 0) is 48.7 Å². The number of fused-ring (bicyclic) bond motifs is 1. The van der Waals surface area contributed by atoms with E-state index in [1.165, 1.54) is 0 Å². The lowest BCUT2D eigenvalue weighted by Crippen LogP contribution is -2.32. The highest BCUT2D eigenvalue weighted by molar-refractivity contribution is 6.33. The molecule has 0 aromatic heterocycles. The number of halogens is 1. The van der Waals surface area contributed by atoms with Crippen LogP contribution >= 0.6 is 11.6 Å². The van der Waals surface area contributed by atoms with Gasteiger partial charge in [0.1, 0.15) is 6.07 Å². The van der Waals surface area contributed by atoms with Crippen molar-refractivity contribution < 1.29 is 14.6 Å². The zero-order valence-corrected chi connectivity index (χ0v) is 15.1. The van der Waals surface area contributed by atoms with Crippen LogP contribution < -0.4 is 20.5 Å². The van der Waals surface area contributed by atoms with Crippen LogP contribution in [0.4, 0.5) is 5.69 Å². The number of aliphatic hydroxyl groups excluding tert-OH is 1. The van der Waals surface area contributed by atoms with Gasteiger partial charge in [-0.3, -0.25) is 0 Å². The second-order valence-electron chi connectivity index (χ2n) is 6.29. The van der Waals surface area contributed by atoms with Gasteiger partial charge in [0.25, 0.3) is 0 Å². The van der Waals surface area contributed by atoms with E-state index in [-0.39, 0.29) is 29.1 Å². The molecule has 0 radical (unpaired) electrons. The van der Waals surface area contributed by atoms with E-state index in [1.54, 1.807) is 12.1 Å². The molecule has 0 amide bonds. The van der Waals surface area contributed by atoms with Crippen LogP contribution in [0.2, 0.25) is 5.02 Å². The molecule has 1 aliphatic rings. The maximum Gasteiger partial charge on any atom is 0.231 e. The maximum absolute atomic E-state index is 10.4. The number of nitrogens with zero attached hydrogens (tertiary/aromatic N) is 1. The van der Waals surface area contributed by atoms with Gasteiger partial charge in [0.15, 0.2) is 11.5 Å². The number of hydrogen-bond donors (Lipinski definition) is 3. The largest absolute Gasteiger partial charge is 0.454 e. The third-order valence-electron chi connectivity index (χ3n) is 4.30. The first-order chi connectivity index (χ1) is 12.5. The van der Waals surface area contributed by atoms with Crippen LogP contribution in [0.5, 0.6) is 11.5 Å². The highest BCUT2D eigenvalue weighted by atomic mass is 35.5. The lowest BCUT2D eigenvalue weighted by atomic mass is 10.0. The molecule has 2 aromatic rings. The standard InChI is InChI=1S/C19H20ClN3O3/c1-11(4-12-2-3-17-18(5-12)26-10-25-17)23-9-16(24)13-6-14(8-21)19(22)15(20)7-13/h2-3,5-7,11,16,23-24H,4,9-10,22H2,1H3. The van der Waals surface area contributed by atoms with Crippen LogP contribution in [0.3, 0.4) is 0 Å². The molecule has 0 spiro atoms. The zero-order chi connectivity index (χ0) is 18.7. The average Bonchev–Trinajstić information content (AvgIpc) is 3.09. The molecule has 4 N–H and O–H groups in total. The number of rotatable bonds is 6. The Bertz CT molecular complexity index is 851. The van der Waals surface area contributed by atoms with Gasteiger partial charge in [-0.15, -0.1) is 0 Å². The normalized spacial score (nSPS) is 14.7. The van der Waals surface area contributed by atoms with Gasteiger partial charge in [-0.25, -0.2) is 0 Å². The molecule has 2 unspecified atom stereocenters. The summed E-state index contributed by atoms with van der Waals surface area (Å²) in [6.45, 7) is 2.62. The van der Waals surface area contributed by atoms with Crippen molar-refractivity contribution in [2.75, 3.05) is 19.1 Å². The first-order valence-corrected chi connectivity index (χ1v) is 8.64. The van der Waals surface area contributed by atoms with Crippen molar-refractivity contribution in [3.8, 4) is 17.6 Å². The van der Waals surface area contributed by atoms with Crippen LogP contribution in [0.25, 0.3) is 0 Å². The van der Waals surface area contributed by atoms with Gasteiger partial charge in [0, 0.05) is 12.6 Å². The van der Waals surface area contributed by atoms with E-state index in [1.807, 2.05) is 31.2 Å². The van der Waals surface area contributed by atoms with Gasteiger partial charge in [0.2, 0.25) is 6.79 Å². The third-order valence-corrected chi connectivity index (χ3v) is 4.61. The molecule has 2 aromatic carbocycles. The summed E-state index contributed by atoms with van der Waals surface area (Å²) in [6, 6.07) is 11.1. The SMILES string of the molecule is CC(Cc1ccc2c(c1)OCO2)NCC(O)c1cc(Cl)c(N)c(C#N)c1. The Morgan fingerprint density at radius 3 is 2.85 bits per heavy atom. The van der Waals surface area contributed by atoms with Gasteiger partial charge in [-0.2, -0.15) is 5.26 Å². The predicted octanol–water partition coefficient (Wildman–Crippen LogP) is 2.78. The molecule has 7 heteroatoms. The van der Waals surface area contributed by atoms with Crippen molar-refractivity contribution in [2.24, 2.45) is 0 Å². The second-order valence-corrected chi connectivity index (χ2v) is 6.70. The summed E-state index contributed by atoms with van der Waals surface area (Å²) >= 11 is 6.03. The van der Waals surface area contributed by atoms with Crippen molar-refractivity contribution in [2.45, 2.75) is 25.5 Å². The summed E-state index contributed by atoms with van der Waals surface area (Å²) in [5.41, 5.74) is 7.91. The van der Waals surface area contributed by atoms with E-state index in [4.69, 9.17) is 32.1 Å². The molecular formula is C19H20ClN3O3. The Hall–Kier alpha value is -2.46. The van der Waals surface area contributed by atoms with Crippen molar-refractivity contribution in [3.63, 3.8) is 0 Å². The minimum Gasteiger partial charge on any atom is -0.454 e. The topological polar surface area (TPSA) is 101 Å². The zero-order valence-electron chi connectivity index (χ0n) is 14.3. The fraction of sp³-hybridized carbons (Fsp3) is 0.316. The molecule has 1 heterocycles. The second kappa shape index (κ2) is 7.83. The Morgan fingerprint density at radius 1 is 1.31 bits per heavy atom. The first kappa shape index (κ1) is 18.3. The fourth-order valence-corrected chi connectivity index (χ4v) is 3.08. The van der Waals surface area contributed by atoms with Gasteiger partial charge < -0.3 is 25.6 Å². The van der Waals surface area contributed by atoms with Crippen molar-refractivity contribution in [1.29, 1.82) is 5.26 Å². The summed E-state index contributed by atoms with van der Waals surface area (Å²) in [6.07, 6.45) is -0.0191. The van der Waals surface area contributed by atoms with Crippen LogP contribution in [0.1, 0.15) is 29.7 Å². The van der Waals surface area contributed by atoms with E-state index < -0.39 is 6.10 Å². The minimum atomic E-state index is -0.792. The highest BCUT2D eigenvalue weighted by Crippen LogP contribution is 2.33. The van der Waals surface area contributed by atoms with E-state index in [2.05, 4.69) is 5.32 Å². The molecule has 0 bridgehead atoms. The van der Waals surface area contributed by atoms with Crippen molar-refractivity contribution >= 4 is 17.3 Å². The van der Waals surface area contributed by atoms with Crippen LogP contribution in [0.15, 0.2) is 30.3 Å². The molecule has 0 saturated heterocycles. The number of nitrogen functional groups attached to an aromatic ring is 1. The number of nitriles is 1.